The minimum Gasteiger partial charge on any atom is -0.491 e. The van der Waals surface area contributed by atoms with Crippen LogP contribution in [0.25, 0.3) is 0 Å². The molecule has 3 fully saturated rings. The van der Waals surface area contributed by atoms with Crippen LogP contribution >= 0.6 is 0 Å². The van der Waals surface area contributed by atoms with E-state index >= 15 is 0 Å². The summed E-state index contributed by atoms with van der Waals surface area (Å²) in [4.78, 5) is 29.1. The molecule has 0 spiro atoms. The average Bonchev–Trinajstić information content (AvgIpc) is 3.44. The third-order valence-corrected chi connectivity index (χ3v) is 6.48. The van der Waals surface area contributed by atoms with Crippen LogP contribution in [0.4, 0.5) is 0 Å². The number of hydrogen-bond donors (Lipinski definition) is 0. The Morgan fingerprint density at radius 1 is 0.966 bits per heavy atom. The van der Waals surface area contributed by atoms with E-state index < -0.39 is 0 Å². The van der Waals surface area contributed by atoms with Gasteiger partial charge in [0.2, 0.25) is 5.91 Å². The molecule has 0 radical (unpaired) electrons. The Labute approximate surface area is 173 Å². The molecule has 6 heteroatoms. The van der Waals surface area contributed by atoms with Gasteiger partial charge in [-0.3, -0.25) is 9.59 Å². The van der Waals surface area contributed by atoms with E-state index in [-0.39, 0.29) is 11.9 Å². The molecule has 2 aliphatic heterocycles. The largest absolute Gasteiger partial charge is 0.491 e. The van der Waals surface area contributed by atoms with Gasteiger partial charge >= 0.3 is 0 Å². The number of likely N-dealkylation sites (tertiary alicyclic amines) is 1. The molecule has 2 saturated heterocycles. The summed E-state index contributed by atoms with van der Waals surface area (Å²) < 4.78 is 11.3. The molecule has 2 amide bonds. The molecular weight excluding hydrogens is 368 g/mol. The van der Waals surface area contributed by atoms with Crippen molar-refractivity contribution in [3.8, 4) is 5.75 Å². The normalized spacial score (nSPS) is 22.8. The van der Waals surface area contributed by atoms with E-state index in [2.05, 4.69) is 0 Å². The van der Waals surface area contributed by atoms with Crippen LogP contribution < -0.4 is 4.74 Å². The summed E-state index contributed by atoms with van der Waals surface area (Å²) in [6.07, 6.45) is 7.71. The zero-order valence-corrected chi connectivity index (χ0v) is 17.2. The number of carbonyl (C=O) groups is 2. The van der Waals surface area contributed by atoms with E-state index in [1.165, 1.54) is 25.7 Å². The molecule has 158 valence electrons. The Bertz CT molecular complexity index is 693. The van der Waals surface area contributed by atoms with Crippen LogP contribution in [0.15, 0.2) is 24.3 Å². The predicted molar refractivity (Wildman–Crippen MR) is 110 cm³/mol. The zero-order chi connectivity index (χ0) is 20.1. The smallest absolute Gasteiger partial charge is 0.254 e. The summed E-state index contributed by atoms with van der Waals surface area (Å²) in [7, 11) is 0. The van der Waals surface area contributed by atoms with Gasteiger partial charge in [-0.1, -0.05) is 12.8 Å². The third-order valence-electron chi connectivity index (χ3n) is 6.48. The van der Waals surface area contributed by atoms with Crippen molar-refractivity contribution in [1.29, 1.82) is 0 Å². The Kier molecular flexibility index (Phi) is 6.70. The van der Waals surface area contributed by atoms with Crippen LogP contribution in [0.2, 0.25) is 0 Å². The van der Waals surface area contributed by atoms with Gasteiger partial charge in [0.15, 0.2) is 0 Å². The second kappa shape index (κ2) is 9.61. The maximum absolute atomic E-state index is 12.7. The Morgan fingerprint density at radius 2 is 1.69 bits per heavy atom. The molecule has 0 N–H and O–H groups in total. The van der Waals surface area contributed by atoms with Gasteiger partial charge in [-0.05, 0) is 55.9 Å². The van der Waals surface area contributed by atoms with Gasteiger partial charge in [0.1, 0.15) is 12.4 Å². The molecule has 6 nitrogen and oxygen atoms in total. The van der Waals surface area contributed by atoms with E-state index in [9.17, 15) is 9.59 Å². The predicted octanol–water partition coefficient (Wildman–Crippen LogP) is 3.11. The fraction of sp³-hybridized carbons (Fsp3) is 0.652. The van der Waals surface area contributed by atoms with E-state index in [0.717, 1.165) is 25.1 Å². The zero-order valence-electron chi connectivity index (χ0n) is 17.2. The maximum atomic E-state index is 12.7. The number of rotatable bonds is 6. The molecule has 1 saturated carbocycles. The van der Waals surface area contributed by atoms with Gasteiger partial charge in [-0.15, -0.1) is 0 Å². The van der Waals surface area contributed by atoms with Gasteiger partial charge in [-0.25, -0.2) is 0 Å². The first-order valence-corrected chi connectivity index (χ1v) is 11.1. The number of amides is 2. The second-order valence-corrected chi connectivity index (χ2v) is 8.48. The molecule has 3 aliphatic rings. The van der Waals surface area contributed by atoms with Crippen molar-refractivity contribution in [2.24, 2.45) is 5.92 Å². The first kappa shape index (κ1) is 20.2. The summed E-state index contributed by atoms with van der Waals surface area (Å²) in [5, 5.41) is 0. The molecule has 1 atom stereocenters. The van der Waals surface area contributed by atoms with Gasteiger partial charge in [0.05, 0.1) is 19.3 Å². The van der Waals surface area contributed by atoms with Crippen molar-refractivity contribution in [3.05, 3.63) is 29.8 Å². The van der Waals surface area contributed by atoms with Crippen molar-refractivity contribution < 1.29 is 19.1 Å². The fourth-order valence-corrected chi connectivity index (χ4v) is 4.75. The quantitative estimate of drug-likeness (QED) is 0.736. The van der Waals surface area contributed by atoms with Crippen molar-refractivity contribution >= 4 is 11.8 Å². The topological polar surface area (TPSA) is 59.1 Å². The van der Waals surface area contributed by atoms with Crippen LogP contribution in [0.5, 0.6) is 5.75 Å². The molecule has 1 unspecified atom stereocenters. The lowest BCUT2D eigenvalue weighted by Crippen LogP contribution is -2.40. The highest BCUT2D eigenvalue weighted by Crippen LogP contribution is 2.29. The molecule has 29 heavy (non-hydrogen) atoms. The molecule has 2 heterocycles. The van der Waals surface area contributed by atoms with Gasteiger partial charge in [0.25, 0.3) is 5.91 Å². The molecule has 0 bridgehead atoms. The van der Waals surface area contributed by atoms with Crippen molar-refractivity contribution in [2.75, 3.05) is 39.5 Å². The van der Waals surface area contributed by atoms with Gasteiger partial charge in [0, 0.05) is 31.6 Å². The highest BCUT2D eigenvalue weighted by atomic mass is 16.5. The van der Waals surface area contributed by atoms with E-state index in [4.69, 9.17) is 9.47 Å². The minimum absolute atomic E-state index is 0.0410. The number of ether oxygens (including phenoxy) is 2. The lowest BCUT2D eigenvalue weighted by molar-refractivity contribution is -0.133. The number of carbonyl (C=O) groups excluding carboxylic acids is 2. The number of hydrogen-bond acceptors (Lipinski definition) is 4. The van der Waals surface area contributed by atoms with Crippen molar-refractivity contribution in [1.82, 2.24) is 9.80 Å². The van der Waals surface area contributed by atoms with Crippen LogP contribution in [-0.2, 0) is 9.53 Å². The molecule has 4 rings (SSSR count). The van der Waals surface area contributed by atoms with E-state index in [0.29, 0.717) is 56.7 Å². The first-order valence-electron chi connectivity index (χ1n) is 11.1. The lowest BCUT2D eigenvalue weighted by Gasteiger charge is -2.27. The van der Waals surface area contributed by atoms with Crippen LogP contribution in [0.1, 0.15) is 55.3 Å². The summed E-state index contributed by atoms with van der Waals surface area (Å²) in [5.41, 5.74) is 0.675. The number of benzene rings is 1. The molecule has 1 aliphatic carbocycles. The maximum Gasteiger partial charge on any atom is 0.254 e. The Morgan fingerprint density at radius 3 is 2.41 bits per heavy atom. The SMILES string of the molecule is O=C(c1ccc(OCC2CCCN2C(=O)CC2CCCC2)cc1)N1CCOCC1. The summed E-state index contributed by atoms with van der Waals surface area (Å²) >= 11 is 0. The first-order chi connectivity index (χ1) is 14.2. The number of morpholine rings is 1. The summed E-state index contributed by atoms with van der Waals surface area (Å²) in [6.45, 7) is 3.86. The fourth-order valence-electron chi connectivity index (χ4n) is 4.75. The second-order valence-electron chi connectivity index (χ2n) is 8.48. The summed E-state index contributed by atoms with van der Waals surface area (Å²) in [5.74, 6) is 1.67. The summed E-state index contributed by atoms with van der Waals surface area (Å²) in [6, 6.07) is 7.52. The van der Waals surface area contributed by atoms with E-state index in [1.807, 2.05) is 34.1 Å². The molecular formula is C23H32N2O4. The Hall–Kier alpha value is -2.08. The standard InChI is InChI=1S/C23H32N2O4/c26-22(16-18-4-1-2-5-18)25-11-3-6-20(25)17-29-21-9-7-19(8-10-21)23(27)24-12-14-28-15-13-24/h7-10,18,20H,1-6,11-17H2. The lowest BCUT2D eigenvalue weighted by atomic mass is 10.0. The molecule has 1 aromatic rings. The molecule has 0 aromatic heterocycles. The van der Waals surface area contributed by atoms with Crippen LogP contribution in [-0.4, -0.2) is 67.1 Å². The minimum atomic E-state index is 0.0410. The Balaban J connectivity index is 1.27. The third kappa shape index (κ3) is 5.10. The van der Waals surface area contributed by atoms with Gasteiger partial charge < -0.3 is 19.3 Å². The van der Waals surface area contributed by atoms with Gasteiger partial charge in [-0.2, -0.15) is 0 Å². The van der Waals surface area contributed by atoms with Crippen molar-refractivity contribution in [3.63, 3.8) is 0 Å². The van der Waals surface area contributed by atoms with Crippen molar-refractivity contribution in [2.45, 2.75) is 51.0 Å². The van der Waals surface area contributed by atoms with Crippen LogP contribution in [0.3, 0.4) is 0 Å². The average molecular weight is 401 g/mol. The highest BCUT2D eigenvalue weighted by Gasteiger charge is 2.31. The molecule has 1 aromatic carbocycles. The van der Waals surface area contributed by atoms with E-state index in [1.54, 1.807) is 0 Å². The highest BCUT2D eigenvalue weighted by molar-refractivity contribution is 5.94. The monoisotopic (exact) mass is 400 g/mol. The van der Waals surface area contributed by atoms with Crippen LogP contribution in [0, 0.1) is 5.92 Å². The number of nitrogens with zero attached hydrogens (tertiary/aromatic N) is 2.